The molecule has 4 heteroatoms. The highest BCUT2D eigenvalue weighted by Gasteiger charge is 2.46. The van der Waals surface area contributed by atoms with E-state index in [0.717, 1.165) is 25.9 Å². The summed E-state index contributed by atoms with van der Waals surface area (Å²) in [5.74, 6) is 0.532. The molecule has 2 fully saturated rings. The standard InChI is InChI=1S/C22H34N2O2/c1-16(2)18-8-6-7-9-19(18)23-17-14-22(15-17)10-12-24(13-11-22)20(25)26-21(3,4)5/h6-9,16-17,23H,10-15H2,1-5H3. The molecule has 0 aromatic heterocycles. The van der Waals surface area contributed by atoms with Crippen LogP contribution in [0.15, 0.2) is 24.3 Å². The van der Waals surface area contributed by atoms with E-state index in [1.807, 2.05) is 25.7 Å². The van der Waals surface area contributed by atoms with Crippen molar-refractivity contribution in [3.63, 3.8) is 0 Å². The van der Waals surface area contributed by atoms with Crippen LogP contribution in [0.5, 0.6) is 0 Å². The Morgan fingerprint density at radius 1 is 1.19 bits per heavy atom. The average Bonchev–Trinajstić information content (AvgIpc) is 2.52. The Balaban J connectivity index is 1.49. The fraction of sp³-hybridized carbons (Fsp3) is 0.682. The molecule has 26 heavy (non-hydrogen) atoms. The van der Waals surface area contributed by atoms with Crippen molar-refractivity contribution < 1.29 is 9.53 Å². The number of nitrogens with zero attached hydrogens (tertiary/aromatic N) is 1. The highest BCUT2D eigenvalue weighted by Crippen LogP contribution is 2.50. The van der Waals surface area contributed by atoms with Crippen molar-refractivity contribution in [3.8, 4) is 0 Å². The Kier molecular flexibility index (Phi) is 5.23. The molecule has 1 saturated heterocycles. The molecule has 2 aliphatic rings. The number of nitrogens with one attached hydrogen (secondary N) is 1. The number of carbonyl (C=O) groups excluding carboxylic acids is 1. The van der Waals surface area contributed by atoms with Crippen LogP contribution in [-0.2, 0) is 4.74 Å². The monoisotopic (exact) mass is 358 g/mol. The average molecular weight is 359 g/mol. The van der Waals surface area contributed by atoms with E-state index in [2.05, 4.69) is 43.4 Å². The zero-order valence-corrected chi connectivity index (χ0v) is 17.0. The van der Waals surface area contributed by atoms with Crippen molar-refractivity contribution in [1.29, 1.82) is 0 Å². The summed E-state index contributed by atoms with van der Waals surface area (Å²) in [6, 6.07) is 9.21. The number of carbonyl (C=O) groups is 1. The molecule has 3 rings (SSSR count). The highest BCUT2D eigenvalue weighted by atomic mass is 16.6. The number of amides is 1. The van der Waals surface area contributed by atoms with Crippen LogP contribution in [0.2, 0.25) is 0 Å². The molecular weight excluding hydrogens is 324 g/mol. The number of ether oxygens (including phenoxy) is 1. The summed E-state index contributed by atoms with van der Waals surface area (Å²) in [7, 11) is 0. The first kappa shape index (κ1) is 19.1. The maximum absolute atomic E-state index is 12.2. The minimum Gasteiger partial charge on any atom is -0.444 e. The number of anilines is 1. The van der Waals surface area contributed by atoms with Crippen LogP contribution in [0, 0.1) is 5.41 Å². The quantitative estimate of drug-likeness (QED) is 0.786. The van der Waals surface area contributed by atoms with Gasteiger partial charge in [-0.05, 0) is 69.4 Å². The van der Waals surface area contributed by atoms with Crippen LogP contribution in [0.1, 0.15) is 71.8 Å². The molecule has 1 aromatic rings. The van der Waals surface area contributed by atoms with Crippen molar-refractivity contribution in [2.45, 2.75) is 77.9 Å². The normalized spacial score (nSPS) is 20.2. The number of para-hydroxylation sites is 1. The number of likely N-dealkylation sites (tertiary alicyclic amines) is 1. The first-order valence-electron chi connectivity index (χ1n) is 10.0. The van der Waals surface area contributed by atoms with Gasteiger partial charge in [-0.25, -0.2) is 4.79 Å². The van der Waals surface area contributed by atoms with Gasteiger partial charge in [0.2, 0.25) is 0 Å². The summed E-state index contributed by atoms with van der Waals surface area (Å²) in [5, 5.41) is 3.76. The molecule has 1 N–H and O–H groups in total. The lowest BCUT2D eigenvalue weighted by Gasteiger charge is -2.52. The summed E-state index contributed by atoms with van der Waals surface area (Å²) in [6.45, 7) is 11.9. The summed E-state index contributed by atoms with van der Waals surface area (Å²) in [5.41, 5.74) is 2.69. The van der Waals surface area contributed by atoms with Gasteiger partial charge in [0, 0.05) is 24.8 Å². The lowest BCUT2D eigenvalue weighted by atomic mass is 9.60. The van der Waals surface area contributed by atoms with Gasteiger partial charge in [0.05, 0.1) is 0 Å². The van der Waals surface area contributed by atoms with E-state index >= 15 is 0 Å². The van der Waals surface area contributed by atoms with Crippen molar-refractivity contribution in [3.05, 3.63) is 29.8 Å². The lowest BCUT2D eigenvalue weighted by Crippen LogP contribution is -2.53. The topological polar surface area (TPSA) is 41.6 Å². The Morgan fingerprint density at radius 2 is 1.81 bits per heavy atom. The molecule has 1 saturated carbocycles. The molecule has 0 bridgehead atoms. The third-order valence-corrected chi connectivity index (χ3v) is 5.78. The van der Waals surface area contributed by atoms with E-state index in [4.69, 9.17) is 4.74 Å². The summed E-state index contributed by atoms with van der Waals surface area (Å²) in [4.78, 5) is 14.1. The molecule has 1 aliphatic heterocycles. The van der Waals surface area contributed by atoms with Gasteiger partial charge < -0.3 is 15.0 Å². The molecule has 1 spiro atoms. The van der Waals surface area contributed by atoms with E-state index in [0.29, 0.717) is 17.4 Å². The van der Waals surface area contributed by atoms with Crippen LogP contribution in [-0.4, -0.2) is 35.7 Å². The summed E-state index contributed by atoms with van der Waals surface area (Å²) < 4.78 is 5.51. The minimum atomic E-state index is -0.415. The second-order valence-electron chi connectivity index (χ2n) is 9.46. The zero-order valence-electron chi connectivity index (χ0n) is 17.0. The molecule has 1 aliphatic carbocycles. The first-order chi connectivity index (χ1) is 12.2. The molecule has 1 heterocycles. The maximum Gasteiger partial charge on any atom is 0.410 e. The van der Waals surface area contributed by atoms with Crippen LogP contribution in [0.4, 0.5) is 10.5 Å². The lowest BCUT2D eigenvalue weighted by molar-refractivity contribution is -0.00860. The third kappa shape index (κ3) is 4.33. The fourth-order valence-corrected chi connectivity index (χ4v) is 4.34. The second-order valence-corrected chi connectivity index (χ2v) is 9.46. The van der Waals surface area contributed by atoms with Gasteiger partial charge in [-0.1, -0.05) is 32.0 Å². The molecule has 1 amide bonds. The van der Waals surface area contributed by atoms with Gasteiger partial charge in [-0.15, -0.1) is 0 Å². The van der Waals surface area contributed by atoms with Crippen molar-refractivity contribution in [2.24, 2.45) is 5.41 Å². The van der Waals surface area contributed by atoms with Gasteiger partial charge >= 0.3 is 6.09 Å². The molecule has 144 valence electrons. The molecule has 4 nitrogen and oxygen atoms in total. The number of hydrogen-bond acceptors (Lipinski definition) is 3. The third-order valence-electron chi connectivity index (χ3n) is 5.78. The van der Waals surface area contributed by atoms with Gasteiger partial charge in [0.15, 0.2) is 0 Å². The summed E-state index contributed by atoms with van der Waals surface area (Å²) in [6.07, 6.45) is 4.45. The predicted molar refractivity (Wildman–Crippen MR) is 107 cm³/mol. The molecule has 0 unspecified atom stereocenters. The Labute approximate surface area is 158 Å². The van der Waals surface area contributed by atoms with E-state index in [1.165, 1.54) is 24.1 Å². The van der Waals surface area contributed by atoms with E-state index < -0.39 is 5.60 Å². The number of rotatable bonds is 3. The van der Waals surface area contributed by atoms with Crippen LogP contribution in [0.3, 0.4) is 0 Å². The first-order valence-corrected chi connectivity index (χ1v) is 10.0. The smallest absolute Gasteiger partial charge is 0.410 e. The van der Waals surface area contributed by atoms with Gasteiger partial charge in [-0.2, -0.15) is 0 Å². The highest BCUT2D eigenvalue weighted by molar-refractivity contribution is 5.68. The summed E-state index contributed by atoms with van der Waals surface area (Å²) >= 11 is 0. The molecule has 0 radical (unpaired) electrons. The Morgan fingerprint density at radius 3 is 2.38 bits per heavy atom. The fourth-order valence-electron chi connectivity index (χ4n) is 4.34. The number of hydrogen-bond donors (Lipinski definition) is 1. The Bertz CT molecular complexity index is 632. The Hall–Kier alpha value is -1.71. The number of piperidine rings is 1. The second kappa shape index (κ2) is 7.13. The molecular formula is C22H34N2O2. The minimum absolute atomic E-state index is 0.160. The largest absolute Gasteiger partial charge is 0.444 e. The van der Waals surface area contributed by atoms with Crippen molar-refractivity contribution in [2.75, 3.05) is 18.4 Å². The molecule has 0 atom stereocenters. The molecule has 1 aromatic carbocycles. The zero-order chi connectivity index (χ0) is 18.9. The maximum atomic E-state index is 12.2. The van der Waals surface area contributed by atoms with Crippen LogP contribution >= 0.6 is 0 Å². The van der Waals surface area contributed by atoms with E-state index in [-0.39, 0.29) is 6.09 Å². The van der Waals surface area contributed by atoms with Gasteiger partial charge in [0.25, 0.3) is 0 Å². The SMILES string of the molecule is CC(C)c1ccccc1NC1CC2(CCN(C(=O)OC(C)(C)C)CC2)C1. The van der Waals surface area contributed by atoms with Gasteiger partial charge in [0.1, 0.15) is 5.60 Å². The van der Waals surface area contributed by atoms with Crippen molar-refractivity contribution >= 4 is 11.8 Å². The number of benzene rings is 1. The van der Waals surface area contributed by atoms with Crippen LogP contribution in [0.25, 0.3) is 0 Å². The van der Waals surface area contributed by atoms with E-state index in [9.17, 15) is 4.79 Å². The van der Waals surface area contributed by atoms with Crippen molar-refractivity contribution in [1.82, 2.24) is 4.90 Å². The van der Waals surface area contributed by atoms with Gasteiger partial charge in [-0.3, -0.25) is 0 Å². The van der Waals surface area contributed by atoms with E-state index in [1.54, 1.807) is 0 Å². The predicted octanol–water partition coefficient (Wildman–Crippen LogP) is 5.40. The van der Waals surface area contributed by atoms with Crippen LogP contribution < -0.4 is 5.32 Å².